The first-order chi connectivity index (χ1) is 13.0. The predicted octanol–water partition coefficient (Wildman–Crippen LogP) is 2.75. The molecule has 0 aromatic heterocycles. The number of anilines is 1. The highest BCUT2D eigenvalue weighted by Crippen LogP contribution is 2.08. The summed E-state index contributed by atoms with van der Waals surface area (Å²) in [6.07, 6.45) is 0.852. The molecular weight excluding hydrogens is 340 g/mol. The molecule has 144 valence electrons. The summed E-state index contributed by atoms with van der Waals surface area (Å²) in [5, 5.41) is 8.09. The van der Waals surface area contributed by atoms with Crippen molar-refractivity contribution in [3.05, 3.63) is 65.7 Å². The second kappa shape index (κ2) is 11.0. The number of benzene rings is 2. The van der Waals surface area contributed by atoms with Gasteiger partial charge in [0.05, 0.1) is 6.54 Å². The molecule has 0 spiro atoms. The Labute approximate surface area is 161 Å². The number of urea groups is 1. The number of carbonyl (C=O) groups is 2. The Bertz CT molecular complexity index is 734. The van der Waals surface area contributed by atoms with Crippen molar-refractivity contribution in [3.8, 4) is 0 Å². The minimum Gasteiger partial charge on any atom is -0.355 e. The Hall–Kier alpha value is -2.86. The van der Waals surface area contributed by atoms with Crippen LogP contribution in [-0.2, 0) is 11.3 Å². The third-order valence-electron chi connectivity index (χ3n) is 4.02. The minimum absolute atomic E-state index is 0.0441. The second-order valence-electron chi connectivity index (χ2n) is 6.60. The number of amides is 3. The number of rotatable bonds is 9. The van der Waals surface area contributed by atoms with E-state index < -0.39 is 6.03 Å². The summed E-state index contributed by atoms with van der Waals surface area (Å²) in [6.45, 7) is 4.26. The van der Waals surface area contributed by atoms with Gasteiger partial charge in [0.15, 0.2) is 0 Å². The summed E-state index contributed by atoms with van der Waals surface area (Å²) in [5.74, 6) is -0.194. The van der Waals surface area contributed by atoms with Crippen molar-refractivity contribution in [1.29, 1.82) is 0 Å². The van der Waals surface area contributed by atoms with Crippen LogP contribution < -0.4 is 16.0 Å². The molecule has 0 aliphatic carbocycles. The Morgan fingerprint density at radius 3 is 2.52 bits per heavy atom. The maximum absolute atomic E-state index is 11.8. The van der Waals surface area contributed by atoms with Crippen LogP contribution in [0, 0.1) is 6.92 Å². The first-order valence-corrected chi connectivity index (χ1v) is 9.13. The fourth-order valence-electron chi connectivity index (χ4n) is 2.67. The molecule has 0 saturated carbocycles. The first kappa shape index (κ1) is 20.5. The van der Waals surface area contributed by atoms with Gasteiger partial charge in [-0.05, 0) is 50.2 Å². The summed E-state index contributed by atoms with van der Waals surface area (Å²) in [5.41, 5.74) is 3.03. The number of nitrogens with zero attached hydrogens (tertiary/aromatic N) is 1. The zero-order valence-electron chi connectivity index (χ0n) is 16.0. The fourth-order valence-corrected chi connectivity index (χ4v) is 2.67. The number of hydrogen-bond donors (Lipinski definition) is 3. The largest absolute Gasteiger partial charge is 0.355 e. The molecule has 0 atom stereocenters. The van der Waals surface area contributed by atoms with Crippen LogP contribution >= 0.6 is 0 Å². The molecule has 0 saturated heterocycles. The zero-order valence-corrected chi connectivity index (χ0v) is 16.0. The highest BCUT2D eigenvalue weighted by molar-refractivity contribution is 5.92. The van der Waals surface area contributed by atoms with Gasteiger partial charge in [0.2, 0.25) is 5.91 Å². The van der Waals surface area contributed by atoms with Crippen LogP contribution in [0.3, 0.4) is 0 Å². The van der Waals surface area contributed by atoms with Crippen LogP contribution in [0.15, 0.2) is 54.6 Å². The smallest absolute Gasteiger partial charge is 0.319 e. The number of nitrogens with one attached hydrogen (secondary N) is 3. The van der Waals surface area contributed by atoms with E-state index in [0.29, 0.717) is 12.2 Å². The molecule has 3 amide bonds. The van der Waals surface area contributed by atoms with Gasteiger partial charge in [-0.1, -0.05) is 42.5 Å². The molecule has 0 aliphatic heterocycles. The van der Waals surface area contributed by atoms with E-state index in [1.54, 1.807) is 6.07 Å². The van der Waals surface area contributed by atoms with E-state index in [0.717, 1.165) is 25.1 Å². The van der Waals surface area contributed by atoms with Crippen molar-refractivity contribution in [3.63, 3.8) is 0 Å². The molecule has 2 aromatic carbocycles. The lowest BCUT2D eigenvalue weighted by Gasteiger charge is -2.16. The maximum atomic E-state index is 11.8. The molecule has 0 radical (unpaired) electrons. The first-order valence-electron chi connectivity index (χ1n) is 9.13. The van der Waals surface area contributed by atoms with Crippen molar-refractivity contribution in [2.75, 3.05) is 32.0 Å². The van der Waals surface area contributed by atoms with E-state index in [1.165, 1.54) is 5.56 Å². The summed E-state index contributed by atoms with van der Waals surface area (Å²) in [6, 6.07) is 17.4. The average Bonchev–Trinajstić information content (AvgIpc) is 2.64. The summed E-state index contributed by atoms with van der Waals surface area (Å²) < 4.78 is 0. The summed E-state index contributed by atoms with van der Waals surface area (Å²) in [4.78, 5) is 25.9. The highest BCUT2D eigenvalue weighted by Gasteiger charge is 2.06. The van der Waals surface area contributed by atoms with Crippen LogP contribution in [0.2, 0.25) is 0 Å². The van der Waals surface area contributed by atoms with E-state index in [-0.39, 0.29) is 12.5 Å². The van der Waals surface area contributed by atoms with Gasteiger partial charge in [-0.2, -0.15) is 0 Å². The molecular formula is C21H28N4O2. The number of aryl methyl sites for hydroxylation is 1. The molecule has 0 bridgehead atoms. The topological polar surface area (TPSA) is 73.5 Å². The fraction of sp³-hybridized carbons (Fsp3) is 0.333. The second-order valence-corrected chi connectivity index (χ2v) is 6.60. The van der Waals surface area contributed by atoms with Crippen LogP contribution in [0.5, 0.6) is 0 Å². The van der Waals surface area contributed by atoms with Gasteiger partial charge in [-0.15, -0.1) is 0 Å². The van der Waals surface area contributed by atoms with Gasteiger partial charge in [0.1, 0.15) is 0 Å². The number of carbonyl (C=O) groups excluding carboxylic acids is 2. The Morgan fingerprint density at radius 2 is 1.78 bits per heavy atom. The molecule has 6 heteroatoms. The van der Waals surface area contributed by atoms with Gasteiger partial charge < -0.3 is 20.9 Å². The van der Waals surface area contributed by atoms with Gasteiger partial charge in [-0.25, -0.2) is 4.79 Å². The SMILES string of the molecule is Cc1cccc(NC(=O)NCC(=O)NCCCN(C)Cc2ccccc2)c1. The van der Waals surface area contributed by atoms with Crippen LogP contribution in [0.1, 0.15) is 17.5 Å². The molecule has 2 rings (SSSR count). The Morgan fingerprint density at radius 1 is 1.00 bits per heavy atom. The lowest BCUT2D eigenvalue weighted by Crippen LogP contribution is -2.39. The quantitative estimate of drug-likeness (QED) is 0.596. The van der Waals surface area contributed by atoms with Crippen molar-refractivity contribution < 1.29 is 9.59 Å². The Balaban J connectivity index is 1.56. The molecule has 3 N–H and O–H groups in total. The lowest BCUT2D eigenvalue weighted by molar-refractivity contribution is -0.120. The normalized spacial score (nSPS) is 10.5. The molecule has 0 heterocycles. The predicted molar refractivity (Wildman–Crippen MR) is 109 cm³/mol. The third-order valence-corrected chi connectivity index (χ3v) is 4.02. The standard InChI is InChI=1S/C21H28N4O2/c1-17-8-6-11-19(14-17)24-21(27)23-15-20(26)22-12-7-13-25(2)16-18-9-4-3-5-10-18/h3-6,8-11,14H,7,12-13,15-16H2,1-2H3,(H,22,26)(H2,23,24,27). The van der Waals surface area contributed by atoms with E-state index in [2.05, 4.69) is 40.0 Å². The summed E-state index contributed by atoms with van der Waals surface area (Å²) in [7, 11) is 2.06. The maximum Gasteiger partial charge on any atom is 0.319 e. The van der Waals surface area contributed by atoms with E-state index in [9.17, 15) is 9.59 Å². The minimum atomic E-state index is -0.390. The van der Waals surface area contributed by atoms with Crippen molar-refractivity contribution >= 4 is 17.6 Å². The summed E-state index contributed by atoms with van der Waals surface area (Å²) >= 11 is 0. The van der Waals surface area contributed by atoms with E-state index >= 15 is 0 Å². The monoisotopic (exact) mass is 368 g/mol. The van der Waals surface area contributed by atoms with Crippen LogP contribution in [0.25, 0.3) is 0 Å². The van der Waals surface area contributed by atoms with Crippen molar-refractivity contribution in [2.24, 2.45) is 0 Å². The molecule has 0 unspecified atom stereocenters. The van der Waals surface area contributed by atoms with Gasteiger partial charge in [0.25, 0.3) is 0 Å². The lowest BCUT2D eigenvalue weighted by atomic mass is 10.2. The van der Waals surface area contributed by atoms with Gasteiger partial charge >= 0.3 is 6.03 Å². The molecule has 27 heavy (non-hydrogen) atoms. The van der Waals surface area contributed by atoms with E-state index in [1.807, 2.05) is 43.3 Å². The highest BCUT2D eigenvalue weighted by atomic mass is 16.2. The van der Waals surface area contributed by atoms with Gasteiger partial charge in [-0.3, -0.25) is 4.79 Å². The molecule has 2 aromatic rings. The van der Waals surface area contributed by atoms with E-state index in [4.69, 9.17) is 0 Å². The average molecular weight is 368 g/mol. The zero-order chi connectivity index (χ0) is 19.5. The van der Waals surface area contributed by atoms with Crippen LogP contribution in [-0.4, -0.2) is 43.5 Å². The van der Waals surface area contributed by atoms with Crippen molar-refractivity contribution in [2.45, 2.75) is 19.9 Å². The Kier molecular flexibility index (Phi) is 8.32. The molecule has 6 nitrogen and oxygen atoms in total. The van der Waals surface area contributed by atoms with Crippen molar-refractivity contribution in [1.82, 2.24) is 15.5 Å². The van der Waals surface area contributed by atoms with Gasteiger partial charge in [0, 0.05) is 18.8 Å². The third kappa shape index (κ3) is 8.37. The molecule has 0 aliphatic rings. The van der Waals surface area contributed by atoms with Crippen LogP contribution in [0.4, 0.5) is 10.5 Å². The molecule has 0 fully saturated rings. The number of hydrogen-bond acceptors (Lipinski definition) is 3.